The molecule has 0 spiro atoms. The van der Waals surface area contributed by atoms with Crippen LogP contribution in [0.2, 0.25) is 5.02 Å². The number of oxime groups is 1. The highest BCUT2D eigenvalue weighted by atomic mass is 35.5. The van der Waals surface area contributed by atoms with Crippen LogP contribution in [0.25, 0.3) is 0 Å². The minimum atomic E-state index is -0.422. The number of nitrogens with one attached hydrogen (secondary N) is 2. The van der Waals surface area contributed by atoms with E-state index in [-0.39, 0.29) is 5.84 Å². The summed E-state index contributed by atoms with van der Waals surface area (Å²) in [5.41, 5.74) is 6.20. The molecule has 0 unspecified atom stereocenters. The molecule has 2 amide bonds. The molecule has 0 radical (unpaired) electrons. The van der Waals surface area contributed by atoms with Crippen molar-refractivity contribution in [2.24, 2.45) is 10.9 Å². The van der Waals surface area contributed by atoms with Crippen molar-refractivity contribution in [2.45, 2.75) is 0 Å². The predicted octanol–water partition coefficient (Wildman–Crippen LogP) is 1.19. The highest BCUT2D eigenvalue weighted by molar-refractivity contribution is 6.31. The number of carbonyl (C=O) groups is 1. The van der Waals surface area contributed by atoms with E-state index < -0.39 is 6.03 Å². The number of nitrogens with two attached hydrogens (primary N) is 1. The number of amidine groups is 1. The molecule has 16 heavy (non-hydrogen) atoms. The summed E-state index contributed by atoms with van der Waals surface area (Å²) in [6.45, 7) is 0. The first kappa shape index (κ1) is 12.1. The van der Waals surface area contributed by atoms with Gasteiger partial charge in [0.15, 0.2) is 5.84 Å². The van der Waals surface area contributed by atoms with Crippen LogP contribution in [0.1, 0.15) is 5.56 Å². The fourth-order valence-electron chi connectivity index (χ4n) is 1.08. The van der Waals surface area contributed by atoms with Crippen LogP contribution in [0.5, 0.6) is 0 Å². The molecule has 5 N–H and O–H groups in total. The lowest BCUT2D eigenvalue weighted by molar-refractivity contribution is 0.254. The number of rotatable bonds is 2. The number of nitrogens with zero attached hydrogens (tertiary/aromatic N) is 1. The predicted molar refractivity (Wildman–Crippen MR) is 62.0 cm³/mol. The Morgan fingerprint density at radius 1 is 1.56 bits per heavy atom. The van der Waals surface area contributed by atoms with E-state index in [1.54, 1.807) is 12.1 Å². The minimum absolute atomic E-state index is 0.108. The maximum absolute atomic E-state index is 11.1. The molecule has 0 bridgehead atoms. The molecular formula is C9H11ClN4O2. The third-order valence-electron chi connectivity index (χ3n) is 1.84. The second kappa shape index (κ2) is 5.22. The Kier molecular flexibility index (Phi) is 3.96. The van der Waals surface area contributed by atoms with Gasteiger partial charge >= 0.3 is 6.03 Å². The smallest absolute Gasteiger partial charge is 0.318 e. The first-order chi connectivity index (χ1) is 7.58. The van der Waals surface area contributed by atoms with Crippen molar-refractivity contribution < 1.29 is 10.0 Å². The molecule has 0 aliphatic rings. The monoisotopic (exact) mass is 242 g/mol. The van der Waals surface area contributed by atoms with Gasteiger partial charge in [0.25, 0.3) is 0 Å². The van der Waals surface area contributed by atoms with E-state index in [4.69, 9.17) is 22.5 Å². The zero-order valence-electron chi connectivity index (χ0n) is 8.49. The molecule has 0 aliphatic carbocycles. The first-order valence-corrected chi connectivity index (χ1v) is 4.72. The van der Waals surface area contributed by atoms with Crippen LogP contribution in [0.15, 0.2) is 23.4 Å². The van der Waals surface area contributed by atoms with Gasteiger partial charge in [-0.15, -0.1) is 0 Å². The lowest BCUT2D eigenvalue weighted by Gasteiger charge is -2.09. The van der Waals surface area contributed by atoms with Gasteiger partial charge in [-0.05, 0) is 18.2 Å². The number of carbonyl (C=O) groups excluding carboxylic acids is 1. The van der Waals surface area contributed by atoms with Crippen LogP contribution in [0, 0.1) is 0 Å². The van der Waals surface area contributed by atoms with Crippen molar-refractivity contribution >= 4 is 29.2 Å². The van der Waals surface area contributed by atoms with Crippen molar-refractivity contribution in [3.63, 3.8) is 0 Å². The molecule has 0 atom stereocenters. The van der Waals surface area contributed by atoms with E-state index in [1.165, 1.54) is 13.1 Å². The molecule has 6 nitrogen and oxygen atoms in total. The van der Waals surface area contributed by atoms with Crippen molar-refractivity contribution in [1.82, 2.24) is 5.32 Å². The quantitative estimate of drug-likeness (QED) is 0.271. The SMILES string of the molecule is CNC(=O)Nc1cc(Cl)ccc1/C(N)=N/O. The normalized spacial score (nSPS) is 11.0. The number of hydrogen-bond acceptors (Lipinski definition) is 3. The van der Waals surface area contributed by atoms with Crippen LogP contribution >= 0.6 is 11.6 Å². The zero-order chi connectivity index (χ0) is 12.1. The second-order valence-electron chi connectivity index (χ2n) is 2.88. The van der Waals surface area contributed by atoms with E-state index >= 15 is 0 Å². The van der Waals surface area contributed by atoms with Gasteiger partial charge in [-0.1, -0.05) is 16.8 Å². The maximum Gasteiger partial charge on any atom is 0.318 e. The van der Waals surface area contributed by atoms with Gasteiger partial charge < -0.3 is 21.6 Å². The van der Waals surface area contributed by atoms with Crippen LogP contribution in [-0.4, -0.2) is 24.1 Å². The molecular weight excluding hydrogens is 232 g/mol. The number of urea groups is 1. The van der Waals surface area contributed by atoms with Crippen LogP contribution < -0.4 is 16.4 Å². The van der Waals surface area contributed by atoms with Gasteiger partial charge in [0.2, 0.25) is 0 Å². The van der Waals surface area contributed by atoms with E-state index in [2.05, 4.69) is 15.8 Å². The largest absolute Gasteiger partial charge is 0.409 e. The highest BCUT2D eigenvalue weighted by Crippen LogP contribution is 2.20. The Bertz CT molecular complexity index is 434. The number of halogens is 1. The molecule has 7 heteroatoms. The number of amides is 2. The molecule has 0 fully saturated rings. The summed E-state index contributed by atoms with van der Waals surface area (Å²) in [6, 6.07) is 4.20. The molecule has 1 aromatic carbocycles. The van der Waals surface area contributed by atoms with Crippen LogP contribution in [0.3, 0.4) is 0 Å². The number of hydrogen-bond donors (Lipinski definition) is 4. The number of anilines is 1. The van der Waals surface area contributed by atoms with Gasteiger partial charge in [-0.25, -0.2) is 4.79 Å². The van der Waals surface area contributed by atoms with E-state index in [1.807, 2.05) is 0 Å². The summed E-state index contributed by atoms with van der Waals surface area (Å²) in [4.78, 5) is 11.1. The molecule has 0 heterocycles. The summed E-state index contributed by atoms with van der Waals surface area (Å²) >= 11 is 5.78. The van der Waals surface area contributed by atoms with Crippen molar-refractivity contribution in [3.05, 3.63) is 28.8 Å². The summed E-state index contributed by atoms with van der Waals surface area (Å²) < 4.78 is 0. The average molecular weight is 243 g/mol. The Hall–Kier alpha value is -1.95. The van der Waals surface area contributed by atoms with Crippen molar-refractivity contribution in [2.75, 3.05) is 12.4 Å². The fourth-order valence-corrected chi connectivity index (χ4v) is 1.25. The van der Waals surface area contributed by atoms with E-state index in [0.29, 0.717) is 16.3 Å². The Labute approximate surface area is 97.1 Å². The third-order valence-corrected chi connectivity index (χ3v) is 2.08. The van der Waals surface area contributed by atoms with E-state index in [0.717, 1.165) is 0 Å². The van der Waals surface area contributed by atoms with E-state index in [9.17, 15) is 4.79 Å². The summed E-state index contributed by atoms with van der Waals surface area (Å²) in [5, 5.41) is 16.8. The molecule has 0 saturated carbocycles. The Morgan fingerprint density at radius 3 is 2.81 bits per heavy atom. The lowest BCUT2D eigenvalue weighted by Crippen LogP contribution is -2.26. The molecule has 86 valence electrons. The minimum Gasteiger partial charge on any atom is -0.409 e. The molecule has 0 saturated heterocycles. The van der Waals surface area contributed by atoms with Crippen LogP contribution in [-0.2, 0) is 0 Å². The maximum atomic E-state index is 11.1. The van der Waals surface area contributed by atoms with Crippen LogP contribution in [0.4, 0.5) is 10.5 Å². The van der Waals surface area contributed by atoms with Gasteiger partial charge in [-0.2, -0.15) is 0 Å². The first-order valence-electron chi connectivity index (χ1n) is 4.34. The summed E-state index contributed by atoms with van der Waals surface area (Å²) in [5.74, 6) is -0.108. The number of benzene rings is 1. The lowest BCUT2D eigenvalue weighted by atomic mass is 10.1. The highest BCUT2D eigenvalue weighted by Gasteiger charge is 2.09. The van der Waals surface area contributed by atoms with Gasteiger partial charge in [0.1, 0.15) is 0 Å². The van der Waals surface area contributed by atoms with Gasteiger partial charge in [0, 0.05) is 17.6 Å². The standard InChI is InChI=1S/C9H11ClN4O2/c1-12-9(15)13-7-4-5(10)2-3-6(7)8(11)14-16/h2-4,16H,1H3,(H2,11,14)(H2,12,13,15). The molecule has 0 aliphatic heterocycles. The van der Waals surface area contributed by atoms with Gasteiger partial charge in [-0.3, -0.25) is 0 Å². The van der Waals surface area contributed by atoms with Crippen molar-refractivity contribution in [1.29, 1.82) is 0 Å². The Morgan fingerprint density at radius 2 is 2.25 bits per heavy atom. The third kappa shape index (κ3) is 2.77. The summed E-state index contributed by atoms with van der Waals surface area (Å²) in [6.07, 6.45) is 0. The summed E-state index contributed by atoms with van der Waals surface area (Å²) in [7, 11) is 1.48. The molecule has 1 aromatic rings. The molecule has 0 aromatic heterocycles. The average Bonchev–Trinajstić information content (AvgIpc) is 2.28. The Balaban J connectivity index is 3.13. The topological polar surface area (TPSA) is 99.7 Å². The van der Waals surface area contributed by atoms with Gasteiger partial charge in [0.05, 0.1) is 5.69 Å². The second-order valence-corrected chi connectivity index (χ2v) is 3.32. The fraction of sp³-hybridized carbons (Fsp3) is 0.111. The molecule has 1 rings (SSSR count). The van der Waals surface area contributed by atoms with Crippen molar-refractivity contribution in [3.8, 4) is 0 Å². The zero-order valence-corrected chi connectivity index (χ0v) is 9.25.